The number of non-ortho nitro benzene ring substituents is 1. The number of aromatic amines is 2. The minimum absolute atomic E-state index is 0.0716. The van der Waals surface area contributed by atoms with E-state index in [1.54, 1.807) is 14.2 Å². The Morgan fingerprint density at radius 3 is 1.50 bits per heavy atom. The molecule has 10 heterocycles. The van der Waals surface area contributed by atoms with Gasteiger partial charge in [-0.25, -0.2) is 29.5 Å². The molecule has 552 valence electrons. The van der Waals surface area contributed by atoms with Crippen LogP contribution in [0, 0.1) is 51.7 Å². The van der Waals surface area contributed by atoms with E-state index in [1.807, 2.05) is 107 Å². The molecule has 4 fully saturated rings. The number of nitrogens with one attached hydrogen (secondary N) is 4. The summed E-state index contributed by atoms with van der Waals surface area (Å²) in [5.41, 5.74) is 19.0. The van der Waals surface area contributed by atoms with Crippen molar-refractivity contribution >= 4 is 106 Å². The van der Waals surface area contributed by atoms with E-state index in [4.69, 9.17) is 65.3 Å². The monoisotopic (exact) mass is 1470 g/mol. The molecule has 4 aliphatic heterocycles. The average Bonchev–Trinajstić information content (AvgIpc) is 1.62. The van der Waals surface area contributed by atoms with Gasteiger partial charge in [-0.2, -0.15) is 0 Å². The molecule has 6 aromatic heterocycles. The number of nitrogen functional groups attached to an aromatic ring is 1. The first-order valence-corrected chi connectivity index (χ1v) is 36.2. The number of nitro benzene ring substituents is 1. The van der Waals surface area contributed by atoms with Gasteiger partial charge in [0.15, 0.2) is 0 Å². The minimum atomic E-state index is -0.978. The van der Waals surface area contributed by atoms with E-state index >= 15 is 0 Å². The zero-order chi connectivity index (χ0) is 74.6. The summed E-state index contributed by atoms with van der Waals surface area (Å²) in [5.74, 6) is 4.43. The molecule has 0 spiro atoms. The van der Waals surface area contributed by atoms with Gasteiger partial charge in [-0.15, -0.1) is 0 Å². The van der Waals surface area contributed by atoms with Crippen LogP contribution in [0.25, 0.3) is 110 Å². The van der Waals surface area contributed by atoms with E-state index in [0.717, 1.165) is 222 Å². The fourth-order valence-electron chi connectivity index (χ4n) is 15.2. The molecule has 26 nitrogen and oxygen atoms in total. The maximum atomic E-state index is 13.5. The maximum Gasteiger partial charge on any atom is 0.409 e. The van der Waals surface area contributed by atoms with Gasteiger partial charge < -0.3 is 64.0 Å². The molecule has 0 saturated carbocycles. The lowest BCUT2D eigenvalue weighted by molar-refractivity contribution is -0.384. The Labute approximate surface area is 621 Å². The Bertz CT molecular complexity index is 5400. The van der Waals surface area contributed by atoms with E-state index in [0.29, 0.717) is 36.5 Å². The first-order valence-electron chi connectivity index (χ1n) is 35.9. The van der Waals surface area contributed by atoms with Gasteiger partial charge in [0.1, 0.15) is 51.7 Å². The van der Waals surface area contributed by atoms with Crippen molar-refractivity contribution in [2.45, 2.75) is 79.3 Å². The molecule has 0 bridgehead atoms. The zero-order valence-corrected chi connectivity index (χ0v) is 61.7. The third-order valence-corrected chi connectivity index (χ3v) is 20.5. The number of carbonyl (C=O) groups excluding carboxylic acids is 2. The number of hydrogen-bond donors (Lipinski definition) is 5. The van der Waals surface area contributed by atoms with Crippen LogP contribution in [0.3, 0.4) is 0 Å². The number of rotatable bonds is 11. The molecular formula is C80H84ClN15O11. The van der Waals surface area contributed by atoms with Crippen LogP contribution in [0.1, 0.15) is 60.2 Å². The van der Waals surface area contributed by atoms with E-state index in [2.05, 4.69) is 81.8 Å². The quantitative estimate of drug-likeness (QED) is 0.0348. The molecule has 0 radical (unpaired) electrons. The van der Waals surface area contributed by atoms with Crippen LogP contribution >= 0.6 is 11.6 Å². The number of aromatic nitrogens is 8. The molecule has 6 N–H and O–H groups in total. The number of nitro groups is 1. The predicted molar refractivity (Wildman–Crippen MR) is 415 cm³/mol. The lowest BCUT2D eigenvalue weighted by Gasteiger charge is -2.40. The number of fused-ring (bicyclic) bond motifs is 8. The summed E-state index contributed by atoms with van der Waals surface area (Å²) in [6, 6.07) is 38.8. The number of nitrogens with two attached hydrogens (primary N) is 1. The normalized spacial score (nSPS) is 15.4. The molecule has 2 amide bonds. The number of ether oxygens (including phenoxy) is 5. The third kappa shape index (κ3) is 15.4. The standard InChI is InChI=1S/C37H39N7O4.C27H23N5O2.C9H18N2O.C7H4ClNO4/c1-21-33(22(2)48-42-21)29-19-31-28(20-32(29)46-4)34-35(38-23(3)39-36(34)40-31)27-9-10-30(26-8-6-5-7-25(26)27)41-37(45)44-15-13-43(14-16-44)24-11-17-47-18-12-24;1-13-24(14(2)34-32-13)20-11-22-19(12-23(20)33-4)25-26(29-15(3)30-27(25)31-22)18-9-10-21(28)17-8-6-5-7-16(17)18;1-7-12-8-2-9(1)11-5-3-10-4-6-11;8-7(10)13-6-3-1-5(2-4-6)9(11)12/h5-10,19-20,24H,11-18H2,1-4H3,(H,41,45)(H,38,39,40);5-12H,28H2,1-4H3,(H,29,30,31);9-10H,1-8H2;1-4H. The topological polar surface area (TPSA) is 318 Å². The Balaban J connectivity index is 0.000000139. The highest BCUT2D eigenvalue weighted by Crippen LogP contribution is 2.46. The van der Waals surface area contributed by atoms with Crippen molar-refractivity contribution in [2.75, 3.05) is 104 Å². The van der Waals surface area contributed by atoms with Crippen LogP contribution in [0.5, 0.6) is 17.2 Å². The number of benzene rings is 7. The van der Waals surface area contributed by atoms with Gasteiger partial charge in [0.05, 0.1) is 69.5 Å². The molecule has 0 atom stereocenters. The van der Waals surface area contributed by atoms with E-state index in [-0.39, 0.29) is 17.5 Å². The number of piperazine rings is 2. The highest BCUT2D eigenvalue weighted by atomic mass is 35.5. The molecule has 4 saturated heterocycles. The van der Waals surface area contributed by atoms with E-state index in [1.165, 1.54) is 50.2 Å². The number of methoxy groups -OCH3 is 2. The van der Waals surface area contributed by atoms with Gasteiger partial charge in [0.2, 0.25) is 0 Å². The van der Waals surface area contributed by atoms with Crippen molar-refractivity contribution in [1.29, 1.82) is 0 Å². The largest absolute Gasteiger partial charge is 0.496 e. The molecule has 107 heavy (non-hydrogen) atoms. The van der Waals surface area contributed by atoms with Crippen molar-refractivity contribution in [2.24, 2.45) is 0 Å². The first-order chi connectivity index (χ1) is 51.9. The number of H-pyrrole nitrogens is 2. The summed E-state index contributed by atoms with van der Waals surface area (Å²) < 4.78 is 38.0. The fraction of sp³-hybridized carbons (Fsp3) is 0.325. The third-order valence-electron chi connectivity index (χ3n) is 20.4. The second kappa shape index (κ2) is 31.9. The first kappa shape index (κ1) is 72.8. The zero-order valence-electron chi connectivity index (χ0n) is 60.9. The number of urea groups is 1. The van der Waals surface area contributed by atoms with Crippen LogP contribution in [0.15, 0.2) is 130 Å². The summed E-state index contributed by atoms with van der Waals surface area (Å²) in [4.78, 5) is 66.9. The number of halogens is 1. The fourth-order valence-corrected chi connectivity index (χ4v) is 15.3. The van der Waals surface area contributed by atoms with Crippen molar-refractivity contribution in [3.8, 4) is 62.0 Å². The molecular weight excluding hydrogens is 1380 g/mol. The minimum Gasteiger partial charge on any atom is -0.496 e. The van der Waals surface area contributed by atoms with Gasteiger partial charge in [0.25, 0.3) is 5.69 Å². The van der Waals surface area contributed by atoms with Gasteiger partial charge in [-0.1, -0.05) is 71.0 Å². The number of amides is 2. The second-order valence-corrected chi connectivity index (χ2v) is 27.3. The summed E-state index contributed by atoms with van der Waals surface area (Å²) in [6.45, 7) is 23.0. The Morgan fingerprint density at radius 2 is 1.04 bits per heavy atom. The summed E-state index contributed by atoms with van der Waals surface area (Å²) in [5, 5.41) is 32.9. The molecule has 13 aromatic rings. The van der Waals surface area contributed by atoms with Crippen molar-refractivity contribution in [3.63, 3.8) is 0 Å². The summed E-state index contributed by atoms with van der Waals surface area (Å²) >= 11 is 4.92. The van der Waals surface area contributed by atoms with Crippen LogP contribution in [0.2, 0.25) is 0 Å². The summed E-state index contributed by atoms with van der Waals surface area (Å²) in [7, 11) is 3.35. The lowest BCUT2D eigenvalue weighted by Crippen LogP contribution is -2.53. The lowest BCUT2D eigenvalue weighted by atomic mass is 9.97. The van der Waals surface area contributed by atoms with Crippen LogP contribution in [0.4, 0.5) is 26.7 Å². The van der Waals surface area contributed by atoms with Crippen LogP contribution in [-0.2, 0) is 9.47 Å². The molecule has 27 heteroatoms. The molecule has 17 rings (SSSR count). The van der Waals surface area contributed by atoms with Gasteiger partial charge in [0, 0.05) is 175 Å². The number of aryl methyl sites for hydroxylation is 6. The Hall–Kier alpha value is -11.1. The van der Waals surface area contributed by atoms with Crippen molar-refractivity contribution in [3.05, 3.63) is 166 Å². The van der Waals surface area contributed by atoms with E-state index in [9.17, 15) is 19.7 Å². The van der Waals surface area contributed by atoms with E-state index < -0.39 is 10.4 Å². The predicted octanol–water partition coefficient (Wildman–Crippen LogP) is 15.4. The molecule has 0 aliphatic carbocycles. The number of nitrogens with zero attached hydrogens (tertiary/aromatic N) is 10. The number of hydrogen-bond acceptors (Lipinski definition) is 21. The molecule has 4 aliphatic rings. The van der Waals surface area contributed by atoms with Crippen LogP contribution in [-0.4, -0.2) is 176 Å². The summed E-state index contributed by atoms with van der Waals surface area (Å²) in [6.07, 6.45) is 4.61. The Kier molecular flexibility index (Phi) is 21.7. The van der Waals surface area contributed by atoms with Gasteiger partial charge in [-0.3, -0.25) is 19.9 Å². The second-order valence-electron chi connectivity index (χ2n) is 27.0. The number of carbonyl (C=O) groups is 2. The average molecular weight is 1470 g/mol. The Morgan fingerprint density at radius 1 is 0.570 bits per heavy atom. The van der Waals surface area contributed by atoms with Crippen molar-refractivity contribution < 1.29 is 47.2 Å². The van der Waals surface area contributed by atoms with Crippen LogP contribution < -0.4 is 30.6 Å². The highest BCUT2D eigenvalue weighted by molar-refractivity contribution is 6.61. The smallest absolute Gasteiger partial charge is 0.409 e. The van der Waals surface area contributed by atoms with Gasteiger partial charge in [-0.05, 0) is 127 Å². The number of anilines is 2. The molecule has 7 aromatic carbocycles. The maximum absolute atomic E-state index is 13.5. The molecule has 0 unspecified atom stereocenters. The SMILES string of the molecule is C1CN(C2CCOCC2)CCN1.COc1cc2c(cc1-c1c(C)noc1C)[nH]c1nc(C)nc(-c3ccc(N)c4ccccc34)c12.COc1cc2c(cc1-c1c(C)noc1C)[nH]c1nc(C)nc(-c3ccc(NC(=O)N4CCN(C5CCOCC5)CC4)c4ccccc34)c12.O=C(Cl)Oc1ccc([N+](=O)[O-])cc1. The van der Waals surface area contributed by atoms with Crippen molar-refractivity contribution in [1.82, 2.24) is 60.2 Å². The highest BCUT2D eigenvalue weighted by Gasteiger charge is 2.30. The van der Waals surface area contributed by atoms with Gasteiger partial charge >= 0.3 is 11.5 Å².